The van der Waals surface area contributed by atoms with Crippen LogP contribution < -0.4 is 5.73 Å². The van der Waals surface area contributed by atoms with E-state index in [4.69, 9.17) is 10.5 Å². The number of hydrogen-bond acceptors (Lipinski definition) is 3. The summed E-state index contributed by atoms with van der Waals surface area (Å²) >= 11 is 0. The Morgan fingerprint density at radius 3 is 2.59 bits per heavy atom. The van der Waals surface area contributed by atoms with Crippen LogP contribution in [-0.4, -0.2) is 37.7 Å². The van der Waals surface area contributed by atoms with E-state index in [0.717, 1.165) is 45.7 Å². The van der Waals surface area contributed by atoms with Gasteiger partial charge in [-0.25, -0.2) is 0 Å². The summed E-state index contributed by atoms with van der Waals surface area (Å²) in [5.74, 6) is 0. The zero-order chi connectivity index (χ0) is 11.9. The summed E-state index contributed by atoms with van der Waals surface area (Å²) in [6, 6.07) is 10.5. The van der Waals surface area contributed by atoms with E-state index in [0.29, 0.717) is 0 Å². The predicted octanol–water partition coefficient (Wildman–Crippen LogP) is 1.80. The summed E-state index contributed by atoms with van der Waals surface area (Å²) < 4.78 is 5.33. The van der Waals surface area contributed by atoms with Gasteiger partial charge in [-0.05, 0) is 24.9 Å². The molecule has 3 heteroatoms. The standard InChI is InChI=1S/C14H22N2O/c15-14(13-5-2-1-3-6-13)7-4-8-16-9-11-17-12-10-16/h1-3,5-6,14H,4,7-12,15H2. The van der Waals surface area contributed by atoms with Gasteiger partial charge < -0.3 is 10.5 Å². The van der Waals surface area contributed by atoms with Crippen LogP contribution in [0, 0.1) is 0 Å². The van der Waals surface area contributed by atoms with E-state index >= 15 is 0 Å². The highest BCUT2D eigenvalue weighted by atomic mass is 16.5. The van der Waals surface area contributed by atoms with Gasteiger partial charge in [-0.2, -0.15) is 0 Å². The topological polar surface area (TPSA) is 38.5 Å². The van der Waals surface area contributed by atoms with Crippen LogP contribution in [0.1, 0.15) is 24.4 Å². The van der Waals surface area contributed by atoms with Crippen LogP contribution in [0.3, 0.4) is 0 Å². The molecule has 17 heavy (non-hydrogen) atoms. The van der Waals surface area contributed by atoms with Crippen LogP contribution in [-0.2, 0) is 4.74 Å². The molecular formula is C14H22N2O. The maximum absolute atomic E-state index is 6.17. The molecule has 0 bridgehead atoms. The normalized spacial score (nSPS) is 19.1. The Morgan fingerprint density at radius 1 is 1.18 bits per heavy atom. The van der Waals surface area contributed by atoms with Gasteiger partial charge in [0, 0.05) is 19.1 Å². The number of hydrogen-bond donors (Lipinski definition) is 1. The Balaban J connectivity index is 1.67. The van der Waals surface area contributed by atoms with Crippen molar-refractivity contribution in [1.82, 2.24) is 4.90 Å². The van der Waals surface area contributed by atoms with E-state index in [1.165, 1.54) is 5.56 Å². The van der Waals surface area contributed by atoms with Gasteiger partial charge in [0.15, 0.2) is 0 Å². The summed E-state index contributed by atoms with van der Waals surface area (Å²) in [5.41, 5.74) is 7.41. The van der Waals surface area contributed by atoms with E-state index in [1.54, 1.807) is 0 Å². The summed E-state index contributed by atoms with van der Waals surface area (Å²) in [7, 11) is 0. The Morgan fingerprint density at radius 2 is 1.88 bits per heavy atom. The van der Waals surface area contributed by atoms with Gasteiger partial charge in [-0.1, -0.05) is 30.3 Å². The second-order valence-corrected chi connectivity index (χ2v) is 4.61. The molecule has 0 saturated carbocycles. The minimum Gasteiger partial charge on any atom is -0.379 e. The number of rotatable bonds is 5. The van der Waals surface area contributed by atoms with Crippen molar-refractivity contribution in [3.8, 4) is 0 Å². The van der Waals surface area contributed by atoms with E-state index in [2.05, 4.69) is 29.2 Å². The molecule has 1 aromatic rings. The van der Waals surface area contributed by atoms with E-state index < -0.39 is 0 Å². The molecule has 1 saturated heterocycles. The van der Waals surface area contributed by atoms with Crippen molar-refractivity contribution in [3.05, 3.63) is 35.9 Å². The number of nitrogens with zero attached hydrogens (tertiary/aromatic N) is 1. The fourth-order valence-electron chi connectivity index (χ4n) is 2.23. The van der Waals surface area contributed by atoms with Gasteiger partial charge in [-0.15, -0.1) is 0 Å². The van der Waals surface area contributed by atoms with E-state index in [9.17, 15) is 0 Å². The maximum Gasteiger partial charge on any atom is 0.0594 e. The fraction of sp³-hybridized carbons (Fsp3) is 0.571. The summed E-state index contributed by atoms with van der Waals surface area (Å²) in [4.78, 5) is 2.46. The van der Waals surface area contributed by atoms with Crippen LogP contribution in [0.25, 0.3) is 0 Å². The van der Waals surface area contributed by atoms with Gasteiger partial charge in [0.25, 0.3) is 0 Å². The zero-order valence-electron chi connectivity index (χ0n) is 10.3. The lowest BCUT2D eigenvalue weighted by molar-refractivity contribution is 0.0370. The molecule has 3 nitrogen and oxygen atoms in total. The van der Waals surface area contributed by atoms with Crippen LogP contribution in [0.15, 0.2) is 30.3 Å². The fourth-order valence-corrected chi connectivity index (χ4v) is 2.23. The summed E-state index contributed by atoms with van der Waals surface area (Å²) in [6.45, 7) is 5.04. The van der Waals surface area contributed by atoms with Gasteiger partial charge in [0.05, 0.1) is 13.2 Å². The molecule has 0 amide bonds. The van der Waals surface area contributed by atoms with E-state index in [1.807, 2.05) is 6.07 Å². The molecule has 2 N–H and O–H groups in total. The molecule has 0 aromatic heterocycles. The SMILES string of the molecule is NC(CCCN1CCOCC1)c1ccccc1. The summed E-state index contributed by atoms with van der Waals surface area (Å²) in [5, 5.41) is 0. The van der Waals surface area contributed by atoms with Gasteiger partial charge in [-0.3, -0.25) is 4.90 Å². The summed E-state index contributed by atoms with van der Waals surface area (Å²) in [6.07, 6.45) is 2.22. The number of nitrogens with two attached hydrogens (primary N) is 1. The third-order valence-electron chi connectivity index (χ3n) is 3.32. The molecule has 1 aliphatic rings. The van der Waals surface area contributed by atoms with Crippen molar-refractivity contribution in [1.29, 1.82) is 0 Å². The third-order valence-corrected chi connectivity index (χ3v) is 3.32. The molecule has 1 atom stereocenters. The Kier molecular flexibility index (Phi) is 4.98. The highest BCUT2D eigenvalue weighted by Crippen LogP contribution is 2.15. The first-order valence-corrected chi connectivity index (χ1v) is 6.47. The van der Waals surface area contributed by atoms with Crippen molar-refractivity contribution in [3.63, 3.8) is 0 Å². The van der Waals surface area contributed by atoms with Crippen LogP contribution in [0.5, 0.6) is 0 Å². The molecular weight excluding hydrogens is 212 g/mol. The Bertz CT molecular complexity index is 309. The molecule has 0 radical (unpaired) electrons. The highest BCUT2D eigenvalue weighted by molar-refractivity contribution is 5.18. The minimum atomic E-state index is 0.178. The van der Waals surface area contributed by atoms with Crippen LogP contribution >= 0.6 is 0 Å². The molecule has 1 fully saturated rings. The third kappa shape index (κ3) is 4.11. The molecule has 0 aliphatic carbocycles. The lowest BCUT2D eigenvalue weighted by Gasteiger charge is -2.26. The van der Waals surface area contributed by atoms with Crippen molar-refractivity contribution in [2.45, 2.75) is 18.9 Å². The van der Waals surface area contributed by atoms with Gasteiger partial charge >= 0.3 is 0 Å². The molecule has 94 valence electrons. The van der Waals surface area contributed by atoms with E-state index in [-0.39, 0.29) is 6.04 Å². The quantitative estimate of drug-likeness (QED) is 0.844. The highest BCUT2D eigenvalue weighted by Gasteiger charge is 2.11. The largest absolute Gasteiger partial charge is 0.379 e. The molecule has 1 aromatic carbocycles. The predicted molar refractivity (Wildman–Crippen MR) is 69.9 cm³/mol. The molecule has 0 spiro atoms. The zero-order valence-corrected chi connectivity index (χ0v) is 10.3. The number of morpholine rings is 1. The molecule has 2 rings (SSSR count). The van der Waals surface area contributed by atoms with Crippen molar-refractivity contribution >= 4 is 0 Å². The monoisotopic (exact) mass is 234 g/mol. The average Bonchev–Trinajstić information content (AvgIpc) is 2.41. The molecule has 1 aliphatic heterocycles. The molecule has 1 unspecified atom stereocenters. The lowest BCUT2D eigenvalue weighted by Crippen LogP contribution is -2.37. The van der Waals surface area contributed by atoms with Gasteiger partial charge in [0.1, 0.15) is 0 Å². The first-order valence-electron chi connectivity index (χ1n) is 6.47. The number of ether oxygens (including phenoxy) is 1. The van der Waals surface area contributed by atoms with Crippen molar-refractivity contribution in [2.75, 3.05) is 32.8 Å². The Hall–Kier alpha value is -0.900. The van der Waals surface area contributed by atoms with Gasteiger partial charge in [0.2, 0.25) is 0 Å². The first-order chi connectivity index (χ1) is 8.36. The first kappa shape index (κ1) is 12.6. The second-order valence-electron chi connectivity index (χ2n) is 4.61. The van der Waals surface area contributed by atoms with Crippen molar-refractivity contribution in [2.24, 2.45) is 5.73 Å². The van der Waals surface area contributed by atoms with Crippen molar-refractivity contribution < 1.29 is 4.74 Å². The maximum atomic E-state index is 6.17. The lowest BCUT2D eigenvalue weighted by atomic mass is 10.0. The smallest absolute Gasteiger partial charge is 0.0594 e. The minimum absolute atomic E-state index is 0.178. The number of benzene rings is 1. The van der Waals surface area contributed by atoms with Crippen LogP contribution in [0.2, 0.25) is 0 Å². The molecule has 1 heterocycles. The van der Waals surface area contributed by atoms with Crippen LogP contribution in [0.4, 0.5) is 0 Å². The second kappa shape index (κ2) is 6.74. The average molecular weight is 234 g/mol. The Labute approximate surface area is 104 Å².